The first kappa shape index (κ1) is 40.1. The van der Waals surface area contributed by atoms with Gasteiger partial charge < -0.3 is 13.9 Å². The monoisotopic (exact) mass is 880 g/mol. The van der Waals surface area contributed by atoms with Crippen LogP contribution in [0.2, 0.25) is 0 Å². The quantitative estimate of drug-likeness (QED) is 0.144. The minimum absolute atomic E-state index is 0.901. The average Bonchev–Trinajstić information content (AvgIpc) is 3.98. The third-order valence-corrected chi connectivity index (χ3v) is 13.6. The summed E-state index contributed by atoms with van der Waals surface area (Å²) in [7, 11) is 0. The number of furan rings is 1. The molecule has 0 saturated carbocycles. The Bertz CT molecular complexity index is 3940. The van der Waals surface area contributed by atoms with Gasteiger partial charge in [0.15, 0.2) is 0 Å². The fourth-order valence-electron chi connectivity index (χ4n) is 10.2. The van der Waals surface area contributed by atoms with Gasteiger partial charge in [0.05, 0.1) is 11.0 Å². The van der Waals surface area contributed by atoms with Crippen molar-refractivity contribution in [3.8, 4) is 61.3 Å². The van der Waals surface area contributed by atoms with Gasteiger partial charge in [-0.25, -0.2) is 0 Å². The summed E-state index contributed by atoms with van der Waals surface area (Å²) in [5, 5.41) is 4.78. The average molecular weight is 881 g/mol. The first-order chi connectivity index (χ1) is 34.2. The van der Waals surface area contributed by atoms with E-state index < -0.39 is 0 Å². The Kier molecular flexibility index (Phi) is 9.84. The molecule has 0 N–H and O–H groups in total. The molecule has 2 heterocycles. The van der Waals surface area contributed by atoms with Gasteiger partial charge in [-0.15, -0.1) is 0 Å². The van der Waals surface area contributed by atoms with E-state index >= 15 is 0 Å². The van der Waals surface area contributed by atoms with Crippen LogP contribution in [0.3, 0.4) is 0 Å². The summed E-state index contributed by atoms with van der Waals surface area (Å²) < 4.78 is 8.83. The highest BCUT2D eigenvalue weighted by atomic mass is 16.3. The maximum Gasteiger partial charge on any atom is 0.143 e. The van der Waals surface area contributed by atoms with Gasteiger partial charge in [0, 0.05) is 49.9 Å². The molecule has 3 nitrogen and oxygen atoms in total. The van der Waals surface area contributed by atoms with Crippen LogP contribution < -0.4 is 4.90 Å². The number of hydrogen-bond donors (Lipinski definition) is 0. The van der Waals surface area contributed by atoms with Crippen LogP contribution >= 0.6 is 0 Å². The smallest absolute Gasteiger partial charge is 0.143 e. The summed E-state index contributed by atoms with van der Waals surface area (Å²) in [5.74, 6) is 0. The van der Waals surface area contributed by atoms with E-state index in [1.54, 1.807) is 0 Å². The number of nitrogens with zero attached hydrogens (tertiary/aromatic N) is 2. The minimum Gasteiger partial charge on any atom is -0.455 e. The molecule has 13 rings (SSSR count). The van der Waals surface area contributed by atoms with Gasteiger partial charge in [-0.05, 0) is 129 Å². The molecular weight excluding hydrogens is 837 g/mol. The van der Waals surface area contributed by atoms with E-state index in [0.717, 1.165) is 61.4 Å². The lowest BCUT2D eigenvalue weighted by Gasteiger charge is -2.26. The van der Waals surface area contributed by atoms with Gasteiger partial charge in [0.25, 0.3) is 0 Å². The van der Waals surface area contributed by atoms with Crippen LogP contribution in [0.15, 0.2) is 271 Å². The highest BCUT2D eigenvalue weighted by molar-refractivity contribution is 6.10. The molecular formula is C66H44N2O. The zero-order valence-electron chi connectivity index (χ0n) is 37.7. The fraction of sp³-hybridized carbons (Fsp3) is 0. The molecule has 0 spiro atoms. The van der Waals surface area contributed by atoms with Crippen molar-refractivity contribution in [1.29, 1.82) is 0 Å². The second kappa shape index (κ2) is 16.9. The van der Waals surface area contributed by atoms with Crippen LogP contribution in [-0.2, 0) is 0 Å². The van der Waals surface area contributed by atoms with E-state index in [-0.39, 0.29) is 0 Å². The number of aromatic nitrogens is 1. The lowest BCUT2D eigenvalue weighted by molar-refractivity contribution is 0.670. The van der Waals surface area contributed by atoms with Crippen molar-refractivity contribution in [1.82, 2.24) is 4.57 Å². The Labute approximate surface area is 401 Å². The topological polar surface area (TPSA) is 21.3 Å². The van der Waals surface area contributed by atoms with Gasteiger partial charge in [-0.3, -0.25) is 0 Å². The van der Waals surface area contributed by atoms with Gasteiger partial charge in [0.2, 0.25) is 0 Å². The molecule has 11 aromatic carbocycles. The molecule has 3 heteroatoms. The second-order valence-electron chi connectivity index (χ2n) is 17.7. The summed E-state index contributed by atoms with van der Waals surface area (Å²) >= 11 is 0. The van der Waals surface area contributed by atoms with E-state index in [4.69, 9.17) is 4.42 Å². The fourth-order valence-corrected chi connectivity index (χ4v) is 10.2. The summed E-state index contributed by atoms with van der Waals surface area (Å²) in [6.45, 7) is 0. The molecule has 0 bridgehead atoms. The zero-order valence-corrected chi connectivity index (χ0v) is 37.7. The standard InChI is InChI=1S/C66H44N2O/c1-2-14-45(15-3-1)49-16-10-17-50(42-49)46-30-36-54(37-31-46)67(56-40-34-48(35-41-56)58-25-13-26-62-61-24-6-9-29-65(61)69-66(58)62)55-38-32-47(33-39-55)51-18-11-19-52(43-51)53-20-12-21-57(44-53)68-63-27-7-4-22-59(63)60-23-5-8-28-64(60)68/h1-44H. The Hall–Kier alpha value is -9.18. The Morgan fingerprint density at radius 2 is 0.681 bits per heavy atom. The predicted octanol–water partition coefficient (Wildman–Crippen LogP) is 18.5. The van der Waals surface area contributed by atoms with Crippen molar-refractivity contribution in [3.63, 3.8) is 0 Å². The summed E-state index contributed by atoms with van der Waals surface area (Å²) in [4.78, 5) is 2.34. The normalized spacial score (nSPS) is 11.5. The summed E-state index contributed by atoms with van der Waals surface area (Å²) in [6.07, 6.45) is 0. The summed E-state index contributed by atoms with van der Waals surface area (Å²) in [6, 6.07) is 96.0. The lowest BCUT2D eigenvalue weighted by Crippen LogP contribution is -2.09. The Balaban J connectivity index is 0.849. The van der Waals surface area contributed by atoms with Gasteiger partial charge in [0.1, 0.15) is 11.2 Å². The largest absolute Gasteiger partial charge is 0.455 e. The lowest BCUT2D eigenvalue weighted by atomic mass is 9.98. The van der Waals surface area contributed by atoms with Gasteiger partial charge in [-0.1, -0.05) is 188 Å². The number of anilines is 3. The molecule has 0 aliphatic rings. The molecule has 0 aliphatic heterocycles. The molecule has 69 heavy (non-hydrogen) atoms. The van der Waals surface area contributed by atoms with E-state index in [9.17, 15) is 0 Å². The van der Waals surface area contributed by atoms with E-state index in [1.807, 2.05) is 12.1 Å². The van der Waals surface area contributed by atoms with Crippen LogP contribution in [0, 0.1) is 0 Å². The first-order valence-corrected chi connectivity index (χ1v) is 23.6. The molecule has 324 valence electrons. The SMILES string of the molecule is c1ccc(-c2cccc(-c3ccc(N(c4ccc(-c5cccc(-c6cccc(-n7c8ccccc8c8ccccc87)c6)c5)cc4)c4ccc(-c5cccc6c5oc5ccccc56)cc4)cc3)c2)cc1. The number of para-hydroxylation sites is 4. The van der Waals surface area contributed by atoms with E-state index in [2.05, 4.69) is 264 Å². The zero-order chi connectivity index (χ0) is 45.7. The molecule has 0 saturated heterocycles. The molecule has 0 fully saturated rings. The van der Waals surface area contributed by atoms with Crippen molar-refractivity contribution in [2.45, 2.75) is 0 Å². The highest BCUT2D eigenvalue weighted by Gasteiger charge is 2.17. The number of rotatable bonds is 9. The van der Waals surface area contributed by atoms with Crippen molar-refractivity contribution in [2.24, 2.45) is 0 Å². The molecule has 0 aliphatic carbocycles. The molecule has 2 aromatic heterocycles. The number of benzene rings is 11. The predicted molar refractivity (Wildman–Crippen MR) is 290 cm³/mol. The second-order valence-corrected chi connectivity index (χ2v) is 17.7. The molecule has 0 radical (unpaired) electrons. The Morgan fingerprint density at radius 1 is 0.275 bits per heavy atom. The van der Waals surface area contributed by atoms with Gasteiger partial charge in [-0.2, -0.15) is 0 Å². The van der Waals surface area contributed by atoms with E-state index in [0.29, 0.717) is 0 Å². The number of hydrogen-bond acceptors (Lipinski definition) is 2. The maximum atomic E-state index is 6.45. The molecule has 0 unspecified atom stereocenters. The van der Waals surface area contributed by atoms with Crippen molar-refractivity contribution < 1.29 is 4.42 Å². The van der Waals surface area contributed by atoms with E-state index in [1.165, 1.54) is 60.8 Å². The highest BCUT2D eigenvalue weighted by Crippen LogP contribution is 2.41. The van der Waals surface area contributed by atoms with Crippen LogP contribution in [0.25, 0.3) is 105 Å². The van der Waals surface area contributed by atoms with Crippen LogP contribution in [0.1, 0.15) is 0 Å². The molecule has 13 aromatic rings. The third kappa shape index (κ3) is 7.25. The Morgan fingerprint density at radius 3 is 1.26 bits per heavy atom. The first-order valence-electron chi connectivity index (χ1n) is 23.6. The van der Waals surface area contributed by atoms with Crippen molar-refractivity contribution in [2.75, 3.05) is 4.90 Å². The third-order valence-electron chi connectivity index (χ3n) is 13.6. The molecule has 0 amide bonds. The van der Waals surface area contributed by atoms with Crippen LogP contribution in [0.5, 0.6) is 0 Å². The van der Waals surface area contributed by atoms with Crippen molar-refractivity contribution >= 4 is 60.8 Å². The van der Waals surface area contributed by atoms with Crippen LogP contribution in [-0.4, -0.2) is 4.57 Å². The van der Waals surface area contributed by atoms with Crippen LogP contribution in [0.4, 0.5) is 17.1 Å². The van der Waals surface area contributed by atoms with Crippen molar-refractivity contribution in [3.05, 3.63) is 267 Å². The maximum absolute atomic E-state index is 6.45. The summed E-state index contributed by atoms with van der Waals surface area (Å²) in [5.41, 5.74) is 20.2. The minimum atomic E-state index is 0.901. The van der Waals surface area contributed by atoms with Gasteiger partial charge >= 0.3 is 0 Å². The molecule has 0 atom stereocenters. The number of fused-ring (bicyclic) bond motifs is 6.